The summed E-state index contributed by atoms with van der Waals surface area (Å²) in [5.41, 5.74) is 2.48. The number of carboxylic acid groups (broad SMARTS) is 1. The van der Waals surface area contributed by atoms with Gasteiger partial charge in [0.15, 0.2) is 0 Å². The Morgan fingerprint density at radius 3 is 3.06 bits per heavy atom. The van der Waals surface area contributed by atoms with Crippen LogP contribution < -0.4 is 0 Å². The van der Waals surface area contributed by atoms with Gasteiger partial charge in [-0.15, -0.1) is 0 Å². The molecule has 0 spiro atoms. The average Bonchev–Trinajstić information content (AvgIpc) is 2.76. The molecule has 0 fully saturated rings. The molecule has 0 radical (unpaired) electrons. The molecule has 0 aliphatic carbocycles. The number of aliphatic imine (C=N–C) groups is 1. The highest BCUT2D eigenvalue weighted by Gasteiger charge is 2.17. The third kappa shape index (κ3) is 2.02. The fourth-order valence-corrected chi connectivity index (χ4v) is 1.89. The SMILES string of the molecule is C=CC(=NC)c1cnc2n(CC(=O)O)cccc1-2. The monoisotopic (exact) mass is 243 g/mol. The summed E-state index contributed by atoms with van der Waals surface area (Å²) in [5, 5.41) is 8.85. The van der Waals surface area contributed by atoms with Crippen molar-refractivity contribution in [2.45, 2.75) is 6.54 Å². The molecule has 0 amide bonds. The lowest BCUT2D eigenvalue weighted by molar-refractivity contribution is -0.137. The van der Waals surface area contributed by atoms with Gasteiger partial charge in [0, 0.05) is 30.6 Å². The van der Waals surface area contributed by atoms with Gasteiger partial charge in [-0.1, -0.05) is 6.58 Å². The largest absolute Gasteiger partial charge is 0.480 e. The number of pyridine rings is 1. The Morgan fingerprint density at radius 2 is 2.44 bits per heavy atom. The Morgan fingerprint density at radius 1 is 1.67 bits per heavy atom. The van der Waals surface area contributed by atoms with Crippen LogP contribution in [-0.2, 0) is 11.3 Å². The van der Waals surface area contributed by atoms with Crippen molar-refractivity contribution < 1.29 is 9.90 Å². The maximum absolute atomic E-state index is 10.8. The van der Waals surface area contributed by atoms with E-state index in [1.54, 1.807) is 36.2 Å². The molecule has 5 heteroatoms. The molecule has 2 rings (SSSR count). The highest BCUT2D eigenvalue weighted by atomic mass is 16.4. The van der Waals surface area contributed by atoms with E-state index in [0.717, 1.165) is 16.8 Å². The highest BCUT2D eigenvalue weighted by Crippen LogP contribution is 2.25. The number of hydrogen-bond acceptors (Lipinski definition) is 3. The third-order valence-corrected chi connectivity index (χ3v) is 2.66. The van der Waals surface area contributed by atoms with Crippen LogP contribution in [0.3, 0.4) is 0 Å². The second-order valence-electron chi connectivity index (χ2n) is 3.75. The van der Waals surface area contributed by atoms with Crippen LogP contribution in [0.25, 0.3) is 11.4 Å². The van der Waals surface area contributed by atoms with Crippen LogP contribution in [0.2, 0.25) is 0 Å². The first kappa shape index (κ1) is 12.0. The van der Waals surface area contributed by atoms with Gasteiger partial charge in [-0.05, 0) is 18.2 Å². The summed E-state index contributed by atoms with van der Waals surface area (Å²) in [5.74, 6) is -0.261. The van der Waals surface area contributed by atoms with Gasteiger partial charge < -0.3 is 9.67 Å². The Bertz CT molecular complexity index is 598. The highest BCUT2D eigenvalue weighted by molar-refractivity contribution is 6.12. The molecule has 0 atom stereocenters. The Balaban J connectivity index is 2.52. The maximum atomic E-state index is 10.8. The van der Waals surface area contributed by atoms with E-state index >= 15 is 0 Å². The van der Waals surface area contributed by atoms with Crippen molar-refractivity contribution in [3.8, 4) is 11.4 Å². The van der Waals surface area contributed by atoms with E-state index < -0.39 is 5.97 Å². The van der Waals surface area contributed by atoms with Gasteiger partial charge in [0.2, 0.25) is 0 Å². The molecule has 2 heterocycles. The zero-order valence-corrected chi connectivity index (χ0v) is 10.00. The standard InChI is InChI=1S/C13H13N3O2/c1-3-11(14-2)10-7-15-13-9(10)5-4-6-16(13)8-12(17)18/h3-7H,1,8H2,2H3,(H,17,18). The molecule has 92 valence electrons. The van der Waals surface area contributed by atoms with Crippen molar-refractivity contribution in [1.82, 2.24) is 9.55 Å². The minimum absolute atomic E-state index is 0.111. The van der Waals surface area contributed by atoms with Gasteiger partial charge in [0.1, 0.15) is 12.4 Å². The summed E-state index contributed by atoms with van der Waals surface area (Å²) >= 11 is 0. The van der Waals surface area contributed by atoms with Crippen LogP contribution in [-0.4, -0.2) is 33.4 Å². The van der Waals surface area contributed by atoms with Crippen LogP contribution in [0.15, 0.2) is 42.2 Å². The van der Waals surface area contributed by atoms with Crippen LogP contribution in [0.5, 0.6) is 0 Å². The first-order valence-corrected chi connectivity index (χ1v) is 5.42. The molecule has 5 nitrogen and oxygen atoms in total. The molecule has 0 unspecified atom stereocenters. The fraction of sp³-hybridized carbons (Fsp3) is 0.154. The van der Waals surface area contributed by atoms with Crippen LogP contribution >= 0.6 is 0 Å². The molecule has 0 aromatic carbocycles. The Hall–Kier alpha value is -2.43. The molecule has 0 saturated carbocycles. The van der Waals surface area contributed by atoms with Crippen LogP contribution in [0, 0.1) is 0 Å². The summed E-state index contributed by atoms with van der Waals surface area (Å²) in [7, 11) is 1.68. The summed E-state index contributed by atoms with van der Waals surface area (Å²) in [6.45, 7) is 3.60. The molecule has 18 heavy (non-hydrogen) atoms. The first-order chi connectivity index (χ1) is 8.67. The number of aliphatic carboxylic acids is 1. The molecule has 0 aromatic rings. The molecule has 0 aromatic heterocycles. The zero-order chi connectivity index (χ0) is 13.1. The predicted molar refractivity (Wildman–Crippen MR) is 69.1 cm³/mol. The smallest absolute Gasteiger partial charge is 0.323 e. The average molecular weight is 243 g/mol. The van der Waals surface area contributed by atoms with Gasteiger partial charge in [-0.25, -0.2) is 4.98 Å². The van der Waals surface area contributed by atoms with Crippen molar-refractivity contribution in [2.75, 3.05) is 7.05 Å². The summed E-state index contributed by atoms with van der Waals surface area (Å²) in [6.07, 6.45) is 5.04. The van der Waals surface area contributed by atoms with Gasteiger partial charge >= 0.3 is 5.97 Å². The fourth-order valence-electron chi connectivity index (χ4n) is 1.89. The van der Waals surface area contributed by atoms with Crippen molar-refractivity contribution in [1.29, 1.82) is 0 Å². The predicted octanol–water partition coefficient (Wildman–Crippen LogP) is 1.68. The second kappa shape index (κ2) is 4.83. The lowest BCUT2D eigenvalue weighted by atomic mass is 10.1. The van der Waals surface area contributed by atoms with E-state index in [1.165, 1.54) is 0 Å². The molecular weight excluding hydrogens is 230 g/mol. The van der Waals surface area contributed by atoms with E-state index in [-0.39, 0.29) is 6.54 Å². The number of carboxylic acids is 1. The number of allylic oxidation sites excluding steroid dienone is 1. The maximum Gasteiger partial charge on any atom is 0.323 e. The summed E-state index contributed by atoms with van der Waals surface area (Å²) in [4.78, 5) is 19.2. The molecule has 0 bridgehead atoms. The second-order valence-corrected chi connectivity index (χ2v) is 3.75. The number of aromatic nitrogens is 2. The van der Waals surface area contributed by atoms with Crippen LogP contribution in [0.1, 0.15) is 5.56 Å². The molecule has 1 N–H and O–H groups in total. The first-order valence-electron chi connectivity index (χ1n) is 5.42. The van der Waals surface area contributed by atoms with E-state index in [2.05, 4.69) is 16.6 Å². The van der Waals surface area contributed by atoms with E-state index in [0.29, 0.717) is 5.82 Å². The lowest BCUT2D eigenvalue weighted by Gasteiger charge is -2.09. The lowest BCUT2D eigenvalue weighted by Crippen LogP contribution is -2.11. The van der Waals surface area contributed by atoms with Gasteiger partial charge in [-0.3, -0.25) is 9.79 Å². The zero-order valence-electron chi connectivity index (χ0n) is 10.00. The third-order valence-electron chi connectivity index (χ3n) is 2.66. The van der Waals surface area contributed by atoms with Crippen molar-refractivity contribution >= 4 is 11.7 Å². The van der Waals surface area contributed by atoms with Crippen molar-refractivity contribution in [3.63, 3.8) is 0 Å². The van der Waals surface area contributed by atoms with E-state index in [4.69, 9.17) is 5.11 Å². The summed E-state index contributed by atoms with van der Waals surface area (Å²) in [6, 6.07) is 3.69. The number of carbonyl (C=O) groups is 1. The van der Waals surface area contributed by atoms with E-state index in [1.807, 2.05) is 6.07 Å². The molecule has 2 aliphatic heterocycles. The van der Waals surface area contributed by atoms with Gasteiger partial charge in [-0.2, -0.15) is 0 Å². The van der Waals surface area contributed by atoms with Gasteiger partial charge in [0.25, 0.3) is 0 Å². The number of hydrogen-bond donors (Lipinski definition) is 1. The van der Waals surface area contributed by atoms with E-state index in [9.17, 15) is 4.79 Å². The number of nitrogens with zero attached hydrogens (tertiary/aromatic N) is 3. The molecule has 2 aliphatic rings. The quantitative estimate of drug-likeness (QED) is 0.831. The minimum Gasteiger partial charge on any atom is -0.480 e. The number of fused-ring (bicyclic) bond motifs is 1. The normalized spacial score (nSPS) is 11.7. The minimum atomic E-state index is -0.898. The summed E-state index contributed by atoms with van der Waals surface area (Å²) < 4.78 is 1.59. The Labute approximate surface area is 104 Å². The van der Waals surface area contributed by atoms with Crippen molar-refractivity contribution in [3.05, 3.63) is 42.7 Å². The number of rotatable bonds is 4. The Kier molecular flexibility index (Phi) is 3.23. The van der Waals surface area contributed by atoms with Crippen LogP contribution in [0.4, 0.5) is 0 Å². The molecule has 0 saturated heterocycles. The molecular formula is C13H13N3O2. The topological polar surface area (TPSA) is 67.5 Å². The van der Waals surface area contributed by atoms with Gasteiger partial charge in [0.05, 0.1) is 5.71 Å². The van der Waals surface area contributed by atoms with Crippen molar-refractivity contribution in [2.24, 2.45) is 4.99 Å².